The van der Waals surface area contributed by atoms with Crippen molar-refractivity contribution in [1.29, 1.82) is 0 Å². The molecule has 1 aromatic carbocycles. The zero-order valence-electron chi connectivity index (χ0n) is 9.26. The molecule has 1 N–H and O–H groups in total. The van der Waals surface area contributed by atoms with Crippen molar-refractivity contribution in [1.82, 2.24) is 0 Å². The smallest absolute Gasteiger partial charge is 0.508 e. The molecule has 0 bridgehead atoms. The molecule has 0 radical (unpaired) electrons. The monoisotopic (exact) mass is 243 g/mol. The molecule has 1 unspecified atom stereocenters. The van der Waals surface area contributed by atoms with Crippen LogP contribution in [0.15, 0.2) is 24.3 Å². The summed E-state index contributed by atoms with van der Waals surface area (Å²) >= 11 is 0. The van der Waals surface area contributed by atoms with Gasteiger partial charge in [0.1, 0.15) is 19.0 Å². The molecule has 4 nitrogen and oxygen atoms in total. The van der Waals surface area contributed by atoms with E-state index < -0.39 is 8.25 Å². The van der Waals surface area contributed by atoms with Gasteiger partial charge in [0.15, 0.2) is 0 Å². The van der Waals surface area contributed by atoms with Gasteiger partial charge in [-0.05, 0) is 24.1 Å². The second kappa shape index (κ2) is 7.34. The molecule has 0 amide bonds. The van der Waals surface area contributed by atoms with Gasteiger partial charge in [0.05, 0.1) is 0 Å². The Morgan fingerprint density at radius 2 is 1.94 bits per heavy atom. The lowest BCUT2D eigenvalue weighted by Gasteiger charge is -1.95. The molecule has 0 aliphatic rings. The van der Waals surface area contributed by atoms with Crippen molar-refractivity contribution in [3.63, 3.8) is 0 Å². The standard InChI is InChI=1S/C11H15O4P/c1-2-3-8-14-16(13)15-9-10-4-6-11(12)7-5-10/h4-7H,2-3,8-9H2,1H3/p+1. The second-order valence-corrected chi connectivity index (χ2v) is 4.31. The summed E-state index contributed by atoms with van der Waals surface area (Å²) in [6, 6.07) is 6.54. The highest BCUT2D eigenvalue weighted by Crippen LogP contribution is 2.26. The molecule has 0 heterocycles. The molecule has 0 saturated heterocycles. The second-order valence-electron chi connectivity index (χ2n) is 3.35. The van der Waals surface area contributed by atoms with Gasteiger partial charge in [0, 0.05) is 4.57 Å². The van der Waals surface area contributed by atoms with Crippen LogP contribution in [0.25, 0.3) is 0 Å². The highest BCUT2D eigenvalue weighted by Gasteiger charge is 2.19. The Morgan fingerprint density at radius 3 is 2.56 bits per heavy atom. The summed E-state index contributed by atoms with van der Waals surface area (Å²) in [6.07, 6.45) is 1.88. The number of hydrogen-bond acceptors (Lipinski definition) is 4. The summed E-state index contributed by atoms with van der Waals surface area (Å²) in [6.45, 7) is 2.72. The van der Waals surface area contributed by atoms with Crippen LogP contribution in [-0.2, 0) is 20.2 Å². The predicted octanol–water partition coefficient (Wildman–Crippen LogP) is 3.38. The lowest BCUT2D eigenvalue weighted by Crippen LogP contribution is -1.89. The van der Waals surface area contributed by atoms with Crippen LogP contribution in [0.3, 0.4) is 0 Å². The van der Waals surface area contributed by atoms with Gasteiger partial charge >= 0.3 is 8.25 Å². The lowest BCUT2D eigenvalue weighted by atomic mass is 10.2. The number of benzene rings is 1. The van der Waals surface area contributed by atoms with Crippen LogP contribution in [0.4, 0.5) is 0 Å². The maximum absolute atomic E-state index is 11.2. The summed E-state index contributed by atoms with van der Waals surface area (Å²) in [5, 5.41) is 9.05. The molecule has 16 heavy (non-hydrogen) atoms. The molecule has 1 aromatic rings. The van der Waals surface area contributed by atoms with Crippen molar-refractivity contribution in [2.75, 3.05) is 6.61 Å². The van der Waals surface area contributed by atoms with Crippen molar-refractivity contribution in [2.24, 2.45) is 0 Å². The molecule has 0 aliphatic heterocycles. The van der Waals surface area contributed by atoms with Gasteiger partial charge in [0.25, 0.3) is 0 Å². The average molecular weight is 243 g/mol. The number of phenolic OH excluding ortho intramolecular Hbond substituents is 1. The molecule has 0 fully saturated rings. The first kappa shape index (κ1) is 13.1. The van der Waals surface area contributed by atoms with E-state index in [9.17, 15) is 4.57 Å². The Labute approximate surface area is 96.2 Å². The van der Waals surface area contributed by atoms with Crippen LogP contribution >= 0.6 is 8.25 Å². The Balaban J connectivity index is 2.23. The third-order valence-electron chi connectivity index (χ3n) is 1.97. The first-order chi connectivity index (χ1) is 7.72. The van der Waals surface area contributed by atoms with Gasteiger partial charge in [-0.15, -0.1) is 9.05 Å². The van der Waals surface area contributed by atoms with Crippen LogP contribution in [0.5, 0.6) is 5.75 Å². The molecule has 1 rings (SSSR count). The van der Waals surface area contributed by atoms with Crippen LogP contribution < -0.4 is 0 Å². The normalized spacial score (nSPS) is 11.4. The first-order valence-corrected chi connectivity index (χ1v) is 6.33. The molecule has 0 saturated carbocycles. The topological polar surface area (TPSA) is 55.8 Å². The number of rotatable bonds is 7. The fourth-order valence-electron chi connectivity index (χ4n) is 1.04. The average Bonchev–Trinajstić information content (AvgIpc) is 2.29. The molecular weight excluding hydrogens is 227 g/mol. The minimum Gasteiger partial charge on any atom is -0.508 e. The molecule has 88 valence electrons. The number of unbranched alkanes of at least 4 members (excludes halogenated alkanes) is 1. The quantitative estimate of drug-likeness (QED) is 0.589. The fraction of sp³-hybridized carbons (Fsp3) is 0.455. The maximum atomic E-state index is 11.2. The largest absolute Gasteiger partial charge is 0.697 e. The summed E-state index contributed by atoms with van der Waals surface area (Å²) < 4.78 is 21.2. The summed E-state index contributed by atoms with van der Waals surface area (Å²) in [7, 11) is -2.04. The zero-order chi connectivity index (χ0) is 11.8. The Bertz CT molecular complexity index is 323. The van der Waals surface area contributed by atoms with Crippen LogP contribution in [0.2, 0.25) is 0 Å². The van der Waals surface area contributed by atoms with Gasteiger partial charge in [-0.3, -0.25) is 0 Å². The van der Waals surface area contributed by atoms with E-state index in [0.717, 1.165) is 18.4 Å². The molecule has 1 atom stereocenters. The van der Waals surface area contributed by atoms with Crippen LogP contribution in [-0.4, -0.2) is 11.7 Å². The van der Waals surface area contributed by atoms with Crippen molar-refractivity contribution in [2.45, 2.75) is 26.4 Å². The number of phenols is 1. The van der Waals surface area contributed by atoms with Crippen LogP contribution in [0, 0.1) is 0 Å². The Morgan fingerprint density at radius 1 is 1.25 bits per heavy atom. The lowest BCUT2D eigenvalue weighted by molar-refractivity contribution is 0.217. The Hall–Kier alpha value is -0.960. The molecule has 0 spiro atoms. The van der Waals surface area contributed by atoms with Gasteiger partial charge in [0.2, 0.25) is 0 Å². The van der Waals surface area contributed by atoms with Crippen molar-refractivity contribution < 1.29 is 18.7 Å². The molecular formula is C11H16O4P+. The van der Waals surface area contributed by atoms with Crippen molar-refractivity contribution in [3.05, 3.63) is 29.8 Å². The van der Waals surface area contributed by atoms with Crippen molar-refractivity contribution >= 4 is 8.25 Å². The third kappa shape index (κ3) is 5.21. The van der Waals surface area contributed by atoms with E-state index in [1.54, 1.807) is 24.3 Å². The van der Waals surface area contributed by atoms with E-state index in [-0.39, 0.29) is 12.4 Å². The summed E-state index contributed by atoms with van der Waals surface area (Å²) in [5.74, 6) is 0.201. The summed E-state index contributed by atoms with van der Waals surface area (Å²) in [5.41, 5.74) is 0.847. The van der Waals surface area contributed by atoms with Crippen LogP contribution in [0.1, 0.15) is 25.3 Å². The third-order valence-corrected chi connectivity index (χ3v) is 2.70. The first-order valence-electron chi connectivity index (χ1n) is 5.23. The minimum absolute atomic E-state index is 0.201. The van der Waals surface area contributed by atoms with Gasteiger partial charge in [-0.1, -0.05) is 25.5 Å². The summed E-state index contributed by atoms with van der Waals surface area (Å²) in [4.78, 5) is 0. The fourth-order valence-corrected chi connectivity index (χ4v) is 1.65. The number of aromatic hydroxyl groups is 1. The highest BCUT2D eigenvalue weighted by molar-refractivity contribution is 7.33. The molecule has 5 heteroatoms. The van der Waals surface area contributed by atoms with E-state index in [4.69, 9.17) is 14.2 Å². The van der Waals surface area contributed by atoms with E-state index in [1.807, 2.05) is 6.92 Å². The van der Waals surface area contributed by atoms with Gasteiger partial charge in [-0.2, -0.15) is 0 Å². The highest BCUT2D eigenvalue weighted by atomic mass is 31.1. The molecule has 0 aromatic heterocycles. The van der Waals surface area contributed by atoms with E-state index in [0.29, 0.717) is 6.61 Å². The zero-order valence-corrected chi connectivity index (χ0v) is 10.2. The van der Waals surface area contributed by atoms with E-state index in [1.165, 1.54) is 0 Å². The Kier molecular flexibility index (Phi) is 6.01. The predicted molar refractivity (Wildman–Crippen MR) is 61.4 cm³/mol. The molecule has 0 aliphatic carbocycles. The van der Waals surface area contributed by atoms with Gasteiger partial charge < -0.3 is 5.11 Å². The number of hydrogen-bond donors (Lipinski definition) is 1. The van der Waals surface area contributed by atoms with E-state index in [2.05, 4.69) is 0 Å². The van der Waals surface area contributed by atoms with Gasteiger partial charge in [-0.25, -0.2) is 0 Å². The maximum Gasteiger partial charge on any atom is 0.697 e. The minimum atomic E-state index is -2.04. The SMILES string of the molecule is CCCCO[P+](=O)OCc1ccc(O)cc1. The van der Waals surface area contributed by atoms with Crippen molar-refractivity contribution in [3.8, 4) is 5.75 Å². The van der Waals surface area contributed by atoms with E-state index >= 15 is 0 Å².